The third kappa shape index (κ3) is 2.34. The number of hydrogen-bond acceptors (Lipinski definition) is 2. The summed E-state index contributed by atoms with van der Waals surface area (Å²) in [6.45, 7) is 0. The number of nitrogens with zero attached hydrogens (tertiary/aromatic N) is 2. The van der Waals surface area contributed by atoms with Gasteiger partial charge in [-0.25, -0.2) is 4.68 Å². The molecular weight excluding hydrogens is 314 g/mol. The molecule has 3 aromatic rings. The van der Waals surface area contributed by atoms with Crippen LogP contribution in [0.3, 0.4) is 0 Å². The molecule has 0 fully saturated rings. The van der Waals surface area contributed by atoms with Gasteiger partial charge in [0, 0.05) is 0 Å². The van der Waals surface area contributed by atoms with E-state index in [2.05, 4.69) is 45.3 Å². The first-order valence-corrected chi connectivity index (χ1v) is 7.15. The van der Waals surface area contributed by atoms with Crippen LogP contribution in [0.25, 0.3) is 0 Å². The summed E-state index contributed by atoms with van der Waals surface area (Å²) in [5.41, 5.74) is 8.44. The van der Waals surface area contributed by atoms with Crippen molar-refractivity contribution in [3.63, 3.8) is 0 Å². The molecule has 0 amide bonds. The van der Waals surface area contributed by atoms with Crippen molar-refractivity contribution >= 4 is 21.7 Å². The van der Waals surface area contributed by atoms with Gasteiger partial charge in [0.25, 0.3) is 0 Å². The normalized spacial score (nSPS) is 10.9. The minimum absolute atomic E-state index is 0.0244. The lowest BCUT2D eigenvalue weighted by Gasteiger charge is -2.20. The van der Waals surface area contributed by atoms with Gasteiger partial charge in [-0.05, 0) is 27.1 Å². The highest BCUT2D eigenvalue weighted by atomic mass is 79.9. The van der Waals surface area contributed by atoms with E-state index in [4.69, 9.17) is 5.73 Å². The van der Waals surface area contributed by atoms with Crippen LogP contribution in [0.2, 0.25) is 0 Å². The Bertz CT molecular complexity index is 653. The summed E-state index contributed by atoms with van der Waals surface area (Å²) in [7, 11) is 0. The van der Waals surface area contributed by atoms with Crippen LogP contribution in [-0.4, -0.2) is 9.78 Å². The molecule has 0 saturated heterocycles. The summed E-state index contributed by atoms with van der Waals surface area (Å²) in [6, 6.07) is 20.5. The van der Waals surface area contributed by atoms with E-state index in [1.54, 1.807) is 6.20 Å². The first kappa shape index (κ1) is 12.9. The zero-order valence-electron chi connectivity index (χ0n) is 10.8. The van der Waals surface area contributed by atoms with E-state index in [1.807, 2.05) is 41.1 Å². The average Bonchev–Trinajstić information content (AvgIpc) is 2.82. The lowest BCUT2D eigenvalue weighted by Crippen LogP contribution is -2.15. The monoisotopic (exact) mass is 327 g/mol. The number of benzene rings is 2. The van der Waals surface area contributed by atoms with E-state index in [9.17, 15) is 0 Å². The number of rotatable bonds is 3. The molecule has 4 heteroatoms. The highest BCUT2D eigenvalue weighted by molar-refractivity contribution is 9.10. The zero-order chi connectivity index (χ0) is 13.9. The molecule has 2 N–H and O–H groups in total. The van der Waals surface area contributed by atoms with Crippen LogP contribution in [0.15, 0.2) is 71.3 Å². The molecule has 0 unspecified atom stereocenters. The standard InChI is InChI=1S/C16H14BrN3/c17-14-11-19-20(16(14)18)15(12-7-3-1-4-8-12)13-9-5-2-6-10-13/h1-11,15H,18H2. The molecular formula is C16H14BrN3. The number of nitrogens with two attached hydrogens (primary N) is 1. The molecule has 0 atom stereocenters. The summed E-state index contributed by atoms with van der Waals surface area (Å²) in [6.07, 6.45) is 1.73. The first-order chi connectivity index (χ1) is 9.77. The molecule has 0 aliphatic carbocycles. The Hall–Kier alpha value is -2.07. The minimum atomic E-state index is -0.0244. The van der Waals surface area contributed by atoms with Gasteiger partial charge >= 0.3 is 0 Å². The molecule has 0 spiro atoms. The second kappa shape index (κ2) is 5.51. The van der Waals surface area contributed by atoms with Gasteiger partial charge in [-0.1, -0.05) is 60.7 Å². The van der Waals surface area contributed by atoms with Crippen molar-refractivity contribution in [2.24, 2.45) is 0 Å². The highest BCUT2D eigenvalue weighted by Crippen LogP contribution is 2.30. The fourth-order valence-electron chi connectivity index (χ4n) is 2.30. The van der Waals surface area contributed by atoms with Crippen molar-refractivity contribution < 1.29 is 0 Å². The topological polar surface area (TPSA) is 43.8 Å². The van der Waals surface area contributed by atoms with Crippen molar-refractivity contribution in [2.75, 3.05) is 5.73 Å². The van der Waals surface area contributed by atoms with Crippen LogP contribution in [0.5, 0.6) is 0 Å². The number of nitrogen functional groups attached to an aromatic ring is 1. The number of hydrogen-bond donors (Lipinski definition) is 1. The van der Waals surface area contributed by atoms with E-state index in [-0.39, 0.29) is 6.04 Å². The maximum absolute atomic E-state index is 6.13. The second-order valence-corrected chi connectivity index (χ2v) is 5.40. The van der Waals surface area contributed by atoms with Crippen molar-refractivity contribution in [1.82, 2.24) is 9.78 Å². The average molecular weight is 328 g/mol. The summed E-state index contributed by atoms with van der Waals surface area (Å²) >= 11 is 3.42. The molecule has 20 heavy (non-hydrogen) atoms. The Morgan fingerprint density at radius 2 is 1.40 bits per heavy atom. The third-order valence-electron chi connectivity index (χ3n) is 3.26. The lowest BCUT2D eigenvalue weighted by atomic mass is 9.99. The first-order valence-electron chi connectivity index (χ1n) is 6.36. The Morgan fingerprint density at radius 1 is 0.900 bits per heavy atom. The predicted octanol–water partition coefficient (Wildman–Crippen LogP) is 3.87. The van der Waals surface area contributed by atoms with Crippen LogP contribution in [-0.2, 0) is 0 Å². The van der Waals surface area contributed by atoms with E-state index in [0.29, 0.717) is 5.82 Å². The fourth-order valence-corrected chi connectivity index (χ4v) is 2.58. The van der Waals surface area contributed by atoms with Crippen molar-refractivity contribution in [3.8, 4) is 0 Å². The van der Waals surface area contributed by atoms with E-state index >= 15 is 0 Å². The maximum atomic E-state index is 6.13. The Kier molecular flexibility index (Phi) is 3.56. The lowest BCUT2D eigenvalue weighted by molar-refractivity contribution is 0.604. The smallest absolute Gasteiger partial charge is 0.137 e. The molecule has 0 aliphatic rings. The molecule has 2 aromatic carbocycles. The molecule has 0 radical (unpaired) electrons. The van der Waals surface area contributed by atoms with Gasteiger partial charge < -0.3 is 5.73 Å². The molecule has 100 valence electrons. The molecule has 0 aliphatic heterocycles. The summed E-state index contributed by atoms with van der Waals surface area (Å²) < 4.78 is 2.66. The predicted molar refractivity (Wildman–Crippen MR) is 84.5 cm³/mol. The van der Waals surface area contributed by atoms with Crippen molar-refractivity contribution in [2.45, 2.75) is 6.04 Å². The maximum Gasteiger partial charge on any atom is 0.137 e. The van der Waals surface area contributed by atoms with E-state index in [0.717, 1.165) is 15.6 Å². The zero-order valence-corrected chi connectivity index (χ0v) is 12.4. The molecule has 1 aromatic heterocycles. The quantitative estimate of drug-likeness (QED) is 0.793. The van der Waals surface area contributed by atoms with Crippen LogP contribution < -0.4 is 5.73 Å². The fraction of sp³-hybridized carbons (Fsp3) is 0.0625. The Morgan fingerprint density at radius 3 is 1.80 bits per heavy atom. The highest BCUT2D eigenvalue weighted by Gasteiger charge is 2.19. The Labute approximate surface area is 126 Å². The van der Waals surface area contributed by atoms with Crippen molar-refractivity contribution in [3.05, 3.63) is 82.5 Å². The number of halogens is 1. The largest absolute Gasteiger partial charge is 0.383 e. The SMILES string of the molecule is Nc1c(Br)cnn1C(c1ccccc1)c1ccccc1. The summed E-state index contributed by atoms with van der Waals surface area (Å²) in [4.78, 5) is 0. The third-order valence-corrected chi connectivity index (χ3v) is 3.87. The van der Waals surface area contributed by atoms with Gasteiger partial charge in [-0.3, -0.25) is 0 Å². The molecule has 3 rings (SSSR count). The summed E-state index contributed by atoms with van der Waals surface area (Å²) in [5.74, 6) is 0.628. The van der Waals surface area contributed by atoms with E-state index < -0.39 is 0 Å². The van der Waals surface area contributed by atoms with Gasteiger partial charge in [0.15, 0.2) is 0 Å². The molecule has 0 bridgehead atoms. The van der Waals surface area contributed by atoms with Gasteiger partial charge in [0.2, 0.25) is 0 Å². The Balaban J connectivity index is 2.17. The van der Waals surface area contributed by atoms with Crippen LogP contribution in [0, 0.1) is 0 Å². The second-order valence-electron chi connectivity index (χ2n) is 4.55. The van der Waals surface area contributed by atoms with Gasteiger partial charge in [0.05, 0.1) is 10.7 Å². The van der Waals surface area contributed by atoms with Crippen LogP contribution in [0.4, 0.5) is 5.82 Å². The molecule has 0 saturated carbocycles. The molecule has 1 heterocycles. The number of anilines is 1. The van der Waals surface area contributed by atoms with Crippen LogP contribution >= 0.6 is 15.9 Å². The molecule has 3 nitrogen and oxygen atoms in total. The van der Waals surface area contributed by atoms with Crippen molar-refractivity contribution in [1.29, 1.82) is 0 Å². The number of aromatic nitrogens is 2. The minimum Gasteiger partial charge on any atom is -0.383 e. The van der Waals surface area contributed by atoms with Crippen LogP contribution in [0.1, 0.15) is 17.2 Å². The van der Waals surface area contributed by atoms with Gasteiger partial charge in [-0.2, -0.15) is 5.10 Å². The van der Waals surface area contributed by atoms with Gasteiger partial charge in [-0.15, -0.1) is 0 Å². The van der Waals surface area contributed by atoms with E-state index in [1.165, 1.54) is 0 Å². The summed E-state index contributed by atoms with van der Waals surface area (Å²) in [5, 5.41) is 4.41. The van der Waals surface area contributed by atoms with Gasteiger partial charge in [0.1, 0.15) is 11.9 Å².